The van der Waals surface area contributed by atoms with Crippen molar-refractivity contribution in [1.82, 2.24) is 9.97 Å². The second-order valence-electron chi connectivity index (χ2n) is 4.43. The SMILES string of the molecule is NC(=O)c1ccc2c(-c3cc(N)ncn3)cccc2c1. The normalized spacial score (nSPS) is 10.6. The van der Waals surface area contributed by atoms with Gasteiger partial charge < -0.3 is 11.5 Å². The Hall–Kier alpha value is -2.95. The number of nitrogens with two attached hydrogens (primary N) is 2. The summed E-state index contributed by atoms with van der Waals surface area (Å²) in [6.07, 6.45) is 1.43. The zero-order valence-corrected chi connectivity index (χ0v) is 10.6. The Morgan fingerprint density at radius 2 is 1.90 bits per heavy atom. The highest BCUT2D eigenvalue weighted by Gasteiger charge is 2.08. The fourth-order valence-electron chi connectivity index (χ4n) is 2.18. The van der Waals surface area contributed by atoms with Gasteiger partial charge in [-0.15, -0.1) is 0 Å². The van der Waals surface area contributed by atoms with Crippen molar-refractivity contribution in [2.45, 2.75) is 0 Å². The highest BCUT2D eigenvalue weighted by molar-refractivity contribution is 6.01. The molecule has 20 heavy (non-hydrogen) atoms. The van der Waals surface area contributed by atoms with Crippen molar-refractivity contribution in [2.24, 2.45) is 5.73 Å². The second-order valence-corrected chi connectivity index (χ2v) is 4.43. The third kappa shape index (κ3) is 2.05. The van der Waals surface area contributed by atoms with Gasteiger partial charge in [-0.3, -0.25) is 4.79 Å². The van der Waals surface area contributed by atoms with Crippen molar-refractivity contribution in [2.75, 3.05) is 5.73 Å². The lowest BCUT2D eigenvalue weighted by molar-refractivity contribution is 0.100. The second kappa shape index (κ2) is 4.62. The molecule has 1 amide bonds. The zero-order valence-electron chi connectivity index (χ0n) is 10.6. The molecule has 2 aromatic carbocycles. The number of primary amides is 1. The van der Waals surface area contributed by atoms with Gasteiger partial charge >= 0.3 is 0 Å². The van der Waals surface area contributed by atoms with Crippen LogP contribution in [0.15, 0.2) is 48.8 Å². The van der Waals surface area contributed by atoms with Gasteiger partial charge in [0.2, 0.25) is 5.91 Å². The van der Waals surface area contributed by atoms with E-state index in [1.807, 2.05) is 24.3 Å². The summed E-state index contributed by atoms with van der Waals surface area (Å²) in [7, 11) is 0. The Kier molecular flexibility index (Phi) is 2.80. The van der Waals surface area contributed by atoms with Gasteiger partial charge in [0.15, 0.2) is 0 Å². The molecule has 1 aromatic heterocycles. The minimum atomic E-state index is -0.441. The molecule has 0 unspecified atom stereocenters. The molecule has 0 saturated carbocycles. The number of aromatic nitrogens is 2. The van der Waals surface area contributed by atoms with E-state index in [0.717, 1.165) is 22.0 Å². The summed E-state index contributed by atoms with van der Waals surface area (Å²) in [5, 5.41) is 1.91. The van der Waals surface area contributed by atoms with Crippen LogP contribution in [0.3, 0.4) is 0 Å². The Labute approximate surface area is 115 Å². The van der Waals surface area contributed by atoms with Crippen LogP contribution in [0, 0.1) is 0 Å². The number of anilines is 1. The first-order valence-corrected chi connectivity index (χ1v) is 6.05. The molecular weight excluding hydrogens is 252 g/mol. The molecule has 4 N–H and O–H groups in total. The number of carbonyl (C=O) groups is 1. The van der Waals surface area contributed by atoms with Crippen LogP contribution in [0.4, 0.5) is 5.82 Å². The molecule has 3 rings (SSSR count). The minimum Gasteiger partial charge on any atom is -0.384 e. The Balaban J connectivity index is 2.24. The predicted octanol–water partition coefficient (Wildman–Crippen LogP) is 1.98. The maximum atomic E-state index is 11.2. The number of benzene rings is 2. The van der Waals surface area contributed by atoms with Gasteiger partial charge in [-0.2, -0.15) is 0 Å². The summed E-state index contributed by atoms with van der Waals surface area (Å²) in [5.41, 5.74) is 13.2. The molecule has 0 aliphatic carbocycles. The Morgan fingerprint density at radius 1 is 1.05 bits per heavy atom. The Bertz CT molecular complexity index is 814. The lowest BCUT2D eigenvalue weighted by atomic mass is 10.00. The van der Waals surface area contributed by atoms with Gasteiger partial charge in [-0.05, 0) is 22.9 Å². The van der Waals surface area contributed by atoms with Gasteiger partial charge in [0, 0.05) is 17.2 Å². The quantitative estimate of drug-likeness (QED) is 0.739. The van der Waals surface area contributed by atoms with E-state index in [2.05, 4.69) is 9.97 Å². The molecular formula is C15H12N4O. The van der Waals surface area contributed by atoms with E-state index < -0.39 is 5.91 Å². The molecule has 0 saturated heterocycles. The lowest BCUT2D eigenvalue weighted by Crippen LogP contribution is -2.10. The van der Waals surface area contributed by atoms with Crippen molar-refractivity contribution in [1.29, 1.82) is 0 Å². The number of rotatable bonds is 2. The molecule has 0 aliphatic heterocycles. The fourth-order valence-corrected chi connectivity index (χ4v) is 2.18. The van der Waals surface area contributed by atoms with Crippen LogP contribution >= 0.6 is 0 Å². The van der Waals surface area contributed by atoms with E-state index in [1.54, 1.807) is 18.2 Å². The van der Waals surface area contributed by atoms with Crippen molar-refractivity contribution in [3.05, 3.63) is 54.4 Å². The van der Waals surface area contributed by atoms with Crippen LogP contribution in [0.1, 0.15) is 10.4 Å². The largest absolute Gasteiger partial charge is 0.384 e. The van der Waals surface area contributed by atoms with Crippen LogP contribution in [-0.2, 0) is 0 Å². The summed E-state index contributed by atoms with van der Waals surface area (Å²) < 4.78 is 0. The summed E-state index contributed by atoms with van der Waals surface area (Å²) in [6.45, 7) is 0. The molecule has 5 heteroatoms. The van der Waals surface area contributed by atoms with E-state index >= 15 is 0 Å². The summed E-state index contributed by atoms with van der Waals surface area (Å²) in [4.78, 5) is 19.4. The molecule has 0 radical (unpaired) electrons. The van der Waals surface area contributed by atoms with E-state index in [1.165, 1.54) is 6.33 Å². The van der Waals surface area contributed by atoms with Crippen LogP contribution in [0.2, 0.25) is 0 Å². The standard InChI is InChI=1S/C15H12N4O/c16-14-7-13(18-8-19-14)12-3-1-2-9-6-10(15(17)20)4-5-11(9)12/h1-8H,(H2,17,20)(H2,16,18,19). The van der Waals surface area contributed by atoms with E-state index in [4.69, 9.17) is 11.5 Å². The first kappa shape index (κ1) is 12.1. The molecule has 5 nitrogen and oxygen atoms in total. The van der Waals surface area contributed by atoms with E-state index in [-0.39, 0.29) is 0 Å². The smallest absolute Gasteiger partial charge is 0.248 e. The molecule has 98 valence electrons. The fraction of sp³-hybridized carbons (Fsp3) is 0. The molecule has 0 aliphatic rings. The third-order valence-corrected chi connectivity index (χ3v) is 3.13. The van der Waals surface area contributed by atoms with Gasteiger partial charge in [0.1, 0.15) is 12.1 Å². The highest BCUT2D eigenvalue weighted by Crippen LogP contribution is 2.28. The average molecular weight is 264 g/mol. The molecule has 1 heterocycles. The van der Waals surface area contributed by atoms with E-state index in [0.29, 0.717) is 11.4 Å². The summed E-state index contributed by atoms with van der Waals surface area (Å²) in [5.74, 6) is -0.0238. The number of nitrogen functional groups attached to an aromatic ring is 1. The first-order valence-electron chi connectivity index (χ1n) is 6.05. The highest BCUT2D eigenvalue weighted by atomic mass is 16.1. The van der Waals surface area contributed by atoms with E-state index in [9.17, 15) is 4.79 Å². The molecule has 0 bridgehead atoms. The number of nitrogens with zero attached hydrogens (tertiary/aromatic N) is 2. The number of hydrogen-bond acceptors (Lipinski definition) is 4. The minimum absolute atomic E-state index is 0.417. The predicted molar refractivity (Wildman–Crippen MR) is 77.9 cm³/mol. The summed E-state index contributed by atoms with van der Waals surface area (Å²) in [6, 6.07) is 12.8. The molecule has 0 atom stereocenters. The lowest BCUT2D eigenvalue weighted by Gasteiger charge is -2.07. The average Bonchev–Trinajstić information content (AvgIpc) is 2.46. The van der Waals surface area contributed by atoms with Gasteiger partial charge in [0.25, 0.3) is 0 Å². The van der Waals surface area contributed by atoms with Crippen molar-refractivity contribution in [3.8, 4) is 11.3 Å². The van der Waals surface area contributed by atoms with Crippen molar-refractivity contribution >= 4 is 22.5 Å². The Morgan fingerprint density at radius 3 is 2.65 bits per heavy atom. The number of fused-ring (bicyclic) bond motifs is 1. The number of amides is 1. The zero-order chi connectivity index (χ0) is 14.1. The van der Waals surface area contributed by atoms with Crippen LogP contribution in [0.25, 0.3) is 22.0 Å². The van der Waals surface area contributed by atoms with Crippen molar-refractivity contribution in [3.63, 3.8) is 0 Å². The topological polar surface area (TPSA) is 94.9 Å². The molecule has 0 fully saturated rings. The van der Waals surface area contributed by atoms with Gasteiger partial charge in [-0.25, -0.2) is 9.97 Å². The maximum Gasteiger partial charge on any atom is 0.248 e. The molecule has 0 spiro atoms. The summed E-state index contributed by atoms with van der Waals surface area (Å²) >= 11 is 0. The number of carbonyl (C=O) groups excluding carboxylic acids is 1. The number of hydrogen-bond donors (Lipinski definition) is 2. The third-order valence-electron chi connectivity index (χ3n) is 3.13. The maximum absolute atomic E-state index is 11.2. The van der Waals surface area contributed by atoms with Crippen LogP contribution < -0.4 is 11.5 Å². The van der Waals surface area contributed by atoms with Gasteiger partial charge in [-0.1, -0.05) is 24.3 Å². The van der Waals surface area contributed by atoms with Crippen LogP contribution in [0.5, 0.6) is 0 Å². The molecule has 3 aromatic rings. The monoisotopic (exact) mass is 264 g/mol. The van der Waals surface area contributed by atoms with Crippen LogP contribution in [-0.4, -0.2) is 15.9 Å². The first-order chi connectivity index (χ1) is 9.65. The van der Waals surface area contributed by atoms with Crippen molar-refractivity contribution < 1.29 is 4.79 Å². The van der Waals surface area contributed by atoms with Gasteiger partial charge in [0.05, 0.1) is 5.69 Å².